The Labute approximate surface area is 85.3 Å². The van der Waals surface area contributed by atoms with Gasteiger partial charge < -0.3 is 10.4 Å². The Kier molecular flexibility index (Phi) is 6.08. The van der Waals surface area contributed by atoms with Crippen LogP contribution in [0.15, 0.2) is 0 Å². The summed E-state index contributed by atoms with van der Waals surface area (Å²) >= 11 is 0. The number of carboxylic acids is 1. The highest BCUT2D eigenvalue weighted by Crippen LogP contribution is 2.23. The molecule has 0 heterocycles. The van der Waals surface area contributed by atoms with Crippen molar-refractivity contribution in [3.8, 4) is 0 Å². The number of aliphatic carboxylic acids is 1. The van der Waals surface area contributed by atoms with Crippen molar-refractivity contribution in [1.29, 1.82) is 0 Å². The summed E-state index contributed by atoms with van der Waals surface area (Å²) in [6, 6.07) is 0.442. The smallest absolute Gasteiger partial charge is 0.317 e. The van der Waals surface area contributed by atoms with Gasteiger partial charge in [0, 0.05) is 6.04 Å². The molecule has 0 unspecified atom stereocenters. The average molecular weight is 208 g/mol. The van der Waals surface area contributed by atoms with E-state index in [1.165, 1.54) is 12.8 Å². The van der Waals surface area contributed by atoms with Crippen molar-refractivity contribution < 1.29 is 9.90 Å². The molecule has 0 bridgehead atoms. The predicted octanol–water partition coefficient (Wildman–Crippen LogP) is 1.66. The van der Waals surface area contributed by atoms with E-state index in [9.17, 15) is 4.79 Å². The molecule has 0 amide bonds. The maximum absolute atomic E-state index is 10.2. The third kappa shape index (κ3) is 5.11. The highest BCUT2D eigenvalue weighted by molar-refractivity contribution is 5.85. The third-order valence-corrected chi connectivity index (χ3v) is 2.56. The van der Waals surface area contributed by atoms with Crippen LogP contribution in [0.1, 0.15) is 32.6 Å². The van der Waals surface area contributed by atoms with Crippen molar-refractivity contribution in [2.24, 2.45) is 5.92 Å². The van der Waals surface area contributed by atoms with Crippen LogP contribution in [0.5, 0.6) is 0 Å². The molecule has 0 aromatic heterocycles. The molecule has 2 N–H and O–H groups in total. The number of nitrogens with one attached hydrogen (secondary N) is 1. The van der Waals surface area contributed by atoms with Gasteiger partial charge in [0.1, 0.15) is 0 Å². The van der Waals surface area contributed by atoms with Crippen LogP contribution in [-0.2, 0) is 4.79 Å². The number of carbonyl (C=O) groups is 1. The van der Waals surface area contributed by atoms with Crippen LogP contribution in [0.4, 0.5) is 0 Å². The Morgan fingerprint density at radius 2 is 1.92 bits per heavy atom. The third-order valence-electron chi connectivity index (χ3n) is 2.56. The lowest BCUT2D eigenvalue weighted by Gasteiger charge is -2.26. The Balaban J connectivity index is 0.00000144. The second-order valence-corrected chi connectivity index (χ2v) is 3.73. The molecule has 0 atom stereocenters. The zero-order chi connectivity index (χ0) is 8.97. The van der Waals surface area contributed by atoms with Gasteiger partial charge in [-0.25, -0.2) is 0 Å². The van der Waals surface area contributed by atoms with Gasteiger partial charge in [-0.05, 0) is 31.6 Å². The zero-order valence-electron chi connectivity index (χ0n) is 7.95. The van der Waals surface area contributed by atoms with E-state index in [0.717, 1.165) is 18.8 Å². The van der Waals surface area contributed by atoms with Gasteiger partial charge in [-0.1, -0.05) is 6.92 Å². The fourth-order valence-corrected chi connectivity index (χ4v) is 1.70. The summed E-state index contributed by atoms with van der Waals surface area (Å²) in [5.74, 6) is 0.0708. The van der Waals surface area contributed by atoms with Crippen molar-refractivity contribution >= 4 is 18.4 Å². The summed E-state index contributed by atoms with van der Waals surface area (Å²) in [6.45, 7) is 2.37. The molecule has 1 aliphatic rings. The van der Waals surface area contributed by atoms with E-state index in [4.69, 9.17) is 5.11 Å². The van der Waals surface area contributed by atoms with E-state index < -0.39 is 5.97 Å². The second-order valence-electron chi connectivity index (χ2n) is 3.73. The number of hydrogen-bond donors (Lipinski definition) is 2. The second kappa shape index (κ2) is 6.22. The Morgan fingerprint density at radius 1 is 1.38 bits per heavy atom. The molecule has 0 radical (unpaired) electrons. The van der Waals surface area contributed by atoms with Crippen LogP contribution < -0.4 is 5.32 Å². The quantitative estimate of drug-likeness (QED) is 0.740. The van der Waals surface area contributed by atoms with Crippen molar-refractivity contribution in [2.45, 2.75) is 38.6 Å². The molecular formula is C9H18ClNO2. The monoisotopic (exact) mass is 207 g/mol. The average Bonchev–Trinajstić information content (AvgIpc) is 2.03. The lowest BCUT2D eigenvalue weighted by Crippen LogP contribution is -2.36. The minimum atomic E-state index is -0.756. The van der Waals surface area contributed by atoms with Gasteiger partial charge in [0.25, 0.3) is 0 Å². The number of rotatable bonds is 3. The first kappa shape index (κ1) is 12.7. The van der Waals surface area contributed by atoms with Gasteiger partial charge in [0.2, 0.25) is 0 Å². The maximum atomic E-state index is 10.2. The Hall–Kier alpha value is -0.280. The SMILES string of the molecule is CC1CCC(NCC(=O)O)CC1.Cl. The first-order valence-corrected chi connectivity index (χ1v) is 4.63. The van der Waals surface area contributed by atoms with Crippen molar-refractivity contribution in [3.63, 3.8) is 0 Å². The molecule has 0 aromatic carbocycles. The summed E-state index contributed by atoms with van der Waals surface area (Å²) in [5, 5.41) is 11.5. The lowest BCUT2D eigenvalue weighted by atomic mass is 9.87. The lowest BCUT2D eigenvalue weighted by molar-refractivity contribution is -0.136. The Bertz CT molecular complexity index is 156. The predicted molar refractivity (Wildman–Crippen MR) is 54.3 cm³/mol. The van der Waals surface area contributed by atoms with Crippen LogP contribution in [0.2, 0.25) is 0 Å². The highest BCUT2D eigenvalue weighted by atomic mass is 35.5. The molecule has 1 fully saturated rings. The van der Waals surface area contributed by atoms with Gasteiger partial charge in [0.15, 0.2) is 0 Å². The van der Waals surface area contributed by atoms with Crippen molar-refractivity contribution in [2.75, 3.05) is 6.54 Å². The standard InChI is InChI=1S/C9H17NO2.ClH/c1-7-2-4-8(5-3-7)10-6-9(11)12;/h7-8,10H,2-6H2,1H3,(H,11,12);1H. The zero-order valence-corrected chi connectivity index (χ0v) is 8.77. The first-order valence-electron chi connectivity index (χ1n) is 4.63. The van der Waals surface area contributed by atoms with E-state index in [2.05, 4.69) is 12.2 Å². The van der Waals surface area contributed by atoms with E-state index >= 15 is 0 Å². The van der Waals surface area contributed by atoms with Gasteiger partial charge >= 0.3 is 5.97 Å². The minimum Gasteiger partial charge on any atom is -0.480 e. The van der Waals surface area contributed by atoms with E-state index in [0.29, 0.717) is 6.04 Å². The Morgan fingerprint density at radius 3 is 2.38 bits per heavy atom. The number of hydrogen-bond acceptors (Lipinski definition) is 2. The molecule has 0 saturated heterocycles. The highest BCUT2D eigenvalue weighted by Gasteiger charge is 2.17. The molecule has 0 aliphatic heterocycles. The van der Waals surface area contributed by atoms with Crippen LogP contribution in [0.25, 0.3) is 0 Å². The van der Waals surface area contributed by atoms with E-state index in [1.54, 1.807) is 0 Å². The molecular weight excluding hydrogens is 190 g/mol. The fourth-order valence-electron chi connectivity index (χ4n) is 1.70. The molecule has 1 aliphatic carbocycles. The minimum absolute atomic E-state index is 0. The summed E-state index contributed by atoms with van der Waals surface area (Å²) in [7, 11) is 0. The van der Waals surface area contributed by atoms with Crippen LogP contribution in [0, 0.1) is 5.92 Å². The molecule has 13 heavy (non-hydrogen) atoms. The van der Waals surface area contributed by atoms with Crippen molar-refractivity contribution in [1.82, 2.24) is 5.32 Å². The fraction of sp³-hybridized carbons (Fsp3) is 0.889. The molecule has 0 spiro atoms. The van der Waals surface area contributed by atoms with Gasteiger partial charge in [-0.3, -0.25) is 4.79 Å². The van der Waals surface area contributed by atoms with Gasteiger partial charge in [-0.15, -0.1) is 12.4 Å². The van der Waals surface area contributed by atoms with Gasteiger partial charge in [-0.2, -0.15) is 0 Å². The van der Waals surface area contributed by atoms with Gasteiger partial charge in [0.05, 0.1) is 6.54 Å². The van der Waals surface area contributed by atoms with Crippen molar-refractivity contribution in [3.05, 3.63) is 0 Å². The molecule has 78 valence electrons. The summed E-state index contributed by atoms with van der Waals surface area (Å²) in [5.41, 5.74) is 0. The van der Waals surface area contributed by atoms with Crippen LogP contribution >= 0.6 is 12.4 Å². The van der Waals surface area contributed by atoms with E-state index in [1.807, 2.05) is 0 Å². The normalized spacial score (nSPS) is 27.8. The molecule has 3 nitrogen and oxygen atoms in total. The molecule has 1 saturated carbocycles. The maximum Gasteiger partial charge on any atom is 0.317 e. The molecule has 1 rings (SSSR count). The van der Waals surface area contributed by atoms with Crippen LogP contribution in [-0.4, -0.2) is 23.7 Å². The largest absolute Gasteiger partial charge is 0.480 e. The topological polar surface area (TPSA) is 49.3 Å². The summed E-state index contributed by atoms with van der Waals surface area (Å²) in [4.78, 5) is 10.2. The summed E-state index contributed by atoms with van der Waals surface area (Å²) < 4.78 is 0. The molecule has 0 aromatic rings. The summed E-state index contributed by atoms with van der Waals surface area (Å²) in [6.07, 6.45) is 4.73. The number of carboxylic acid groups (broad SMARTS) is 1. The first-order chi connectivity index (χ1) is 5.68. The van der Waals surface area contributed by atoms with Crippen LogP contribution in [0.3, 0.4) is 0 Å². The van der Waals surface area contributed by atoms with E-state index in [-0.39, 0.29) is 19.0 Å². The molecule has 4 heteroatoms. The number of halogens is 1.